The van der Waals surface area contributed by atoms with E-state index in [0.29, 0.717) is 11.8 Å². The molecule has 1 aromatic heterocycles. The van der Waals surface area contributed by atoms with Gasteiger partial charge in [-0.3, -0.25) is 0 Å². The molecule has 0 spiro atoms. The van der Waals surface area contributed by atoms with Crippen LogP contribution in [-0.4, -0.2) is 29.1 Å². The number of aromatic nitrogens is 1. The average Bonchev–Trinajstić information content (AvgIpc) is 2.28. The average molecular weight is 234 g/mol. The first kappa shape index (κ1) is 11.9. The van der Waals surface area contributed by atoms with Gasteiger partial charge in [-0.05, 0) is 30.4 Å². The minimum atomic E-state index is -0.926. The third kappa shape index (κ3) is 2.75. The minimum Gasteiger partial charge on any atom is -0.478 e. The summed E-state index contributed by atoms with van der Waals surface area (Å²) in [5.41, 5.74) is 0.242. The van der Waals surface area contributed by atoms with Crippen molar-refractivity contribution in [1.29, 1.82) is 0 Å². The lowest BCUT2D eigenvalue weighted by Gasteiger charge is -2.35. The highest BCUT2D eigenvalue weighted by atomic mass is 16.4. The van der Waals surface area contributed by atoms with Crippen LogP contribution in [0.4, 0.5) is 5.82 Å². The molecule has 0 aliphatic carbocycles. The van der Waals surface area contributed by atoms with E-state index in [1.54, 1.807) is 12.1 Å². The second kappa shape index (κ2) is 4.73. The summed E-state index contributed by atoms with van der Waals surface area (Å²) in [7, 11) is 0. The largest absolute Gasteiger partial charge is 0.478 e. The molecule has 0 radical (unpaired) electrons. The van der Waals surface area contributed by atoms with Crippen molar-refractivity contribution in [2.45, 2.75) is 20.3 Å². The summed E-state index contributed by atoms with van der Waals surface area (Å²) in [5.74, 6) is 1.29. The normalized spacial score (nSPS) is 24.7. The van der Waals surface area contributed by atoms with E-state index < -0.39 is 5.97 Å². The molecular weight excluding hydrogens is 216 g/mol. The molecule has 2 atom stereocenters. The van der Waals surface area contributed by atoms with E-state index in [9.17, 15) is 4.79 Å². The Hall–Kier alpha value is -1.58. The van der Waals surface area contributed by atoms with Crippen LogP contribution in [0.25, 0.3) is 0 Å². The zero-order chi connectivity index (χ0) is 12.4. The number of aromatic carboxylic acids is 1. The molecular formula is C13H18N2O2. The van der Waals surface area contributed by atoms with E-state index in [1.807, 2.05) is 0 Å². The molecule has 0 aromatic carbocycles. The second-order valence-electron chi connectivity index (χ2n) is 5.06. The molecule has 4 heteroatoms. The topological polar surface area (TPSA) is 53.4 Å². The van der Waals surface area contributed by atoms with Crippen LogP contribution < -0.4 is 4.90 Å². The maximum atomic E-state index is 10.7. The fourth-order valence-electron chi connectivity index (χ4n) is 2.55. The number of rotatable bonds is 2. The van der Waals surface area contributed by atoms with Crippen LogP contribution in [0.15, 0.2) is 18.3 Å². The highest BCUT2D eigenvalue weighted by molar-refractivity contribution is 5.87. The predicted octanol–water partition coefficient (Wildman–Crippen LogP) is 2.26. The van der Waals surface area contributed by atoms with Gasteiger partial charge >= 0.3 is 5.97 Å². The number of nitrogens with zero attached hydrogens (tertiary/aromatic N) is 2. The lowest BCUT2D eigenvalue weighted by molar-refractivity contribution is 0.0696. The second-order valence-corrected chi connectivity index (χ2v) is 5.06. The Morgan fingerprint density at radius 1 is 1.35 bits per heavy atom. The van der Waals surface area contributed by atoms with Gasteiger partial charge in [0, 0.05) is 19.3 Å². The molecule has 1 saturated heterocycles. The quantitative estimate of drug-likeness (QED) is 0.852. The van der Waals surface area contributed by atoms with Gasteiger partial charge < -0.3 is 10.0 Å². The van der Waals surface area contributed by atoms with Gasteiger partial charge in [-0.15, -0.1) is 0 Å². The van der Waals surface area contributed by atoms with Gasteiger partial charge in [-0.1, -0.05) is 13.8 Å². The third-order valence-electron chi connectivity index (χ3n) is 3.19. The maximum Gasteiger partial charge on any atom is 0.337 e. The number of hydrogen-bond donors (Lipinski definition) is 1. The number of anilines is 1. The third-order valence-corrected chi connectivity index (χ3v) is 3.19. The minimum absolute atomic E-state index is 0.242. The van der Waals surface area contributed by atoms with Crippen molar-refractivity contribution in [3.63, 3.8) is 0 Å². The van der Waals surface area contributed by atoms with Gasteiger partial charge in [-0.25, -0.2) is 9.78 Å². The first-order valence-corrected chi connectivity index (χ1v) is 6.00. The number of hydrogen-bond acceptors (Lipinski definition) is 3. The number of carboxylic acids is 1. The first-order valence-electron chi connectivity index (χ1n) is 6.00. The van der Waals surface area contributed by atoms with Crippen LogP contribution >= 0.6 is 0 Å². The molecule has 0 unspecified atom stereocenters. The Morgan fingerprint density at radius 3 is 2.47 bits per heavy atom. The van der Waals surface area contributed by atoms with Crippen LogP contribution in [0.2, 0.25) is 0 Å². The fraction of sp³-hybridized carbons (Fsp3) is 0.538. The lowest BCUT2D eigenvalue weighted by atomic mass is 9.92. The summed E-state index contributed by atoms with van der Waals surface area (Å²) in [4.78, 5) is 17.2. The number of carboxylic acid groups (broad SMARTS) is 1. The summed E-state index contributed by atoms with van der Waals surface area (Å²) < 4.78 is 0. The molecule has 1 aromatic rings. The Morgan fingerprint density at radius 2 is 2.00 bits per heavy atom. The highest BCUT2D eigenvalue weighted by Gasteiger charge is 2.22. The molecule has 92 valence electrons. The van der Waals surface area contributed by atoms with E-state index >= 15 is 0 Å². The van der Waals surface area contributed by atoms with Crippen LogP contribution in [0.3, 0.4) is 0 Å². The number of pyridine rings is 1. The van der Waals surface area contributed by atoms with E-state index in [0.717, 1.165) is 18.9 Å². The molecule has 1 N–H and O–H groups in total. The fourth-order valence-corrected chi connectivity index (χ4v) is 2.55. The molecule has 4 nitrogen and oxygen atoms in total. The molecule has 1 fully saturated rings. The molecule has 0 bridgehead atoms. The molecule has 0 amide bonds. The smallest absolute Gasteiger partial charge is 0.337 e. The van der Waals surface area contributed by atoms with Crippen molar-refractivity contribution in [2.24, 2.45) is 11.8 Å². The zero-order valence-electron chi connectivity index (χ0n) is 10.3. The Bertz CT molecular complexity index is 392. The number of piperidine rings is 1. The van der Waals surface area contributed by atoms with Crippen molar-refractivity contribution in [3.8, 4) is 0 Å². The van der Waals surface area contributed by atoms with Gasteiger partial charge in [0.2, 0.25) is 0 Å². The van der Waals surface area contributed by atoms with Crippen molar-refractivity contribution >= 4 is 11.8 Å². The monoisotopic (exact) mass is 234 g/mol. The van der Waals surface area contributed by atoms with Crippen LogP contribution in [-0.2, 0) is 0 Å². The first-order chi connectivity index (χ1) is 8.06. The van der Waals surface area contributed by atoms with E-state index in [2.05, 4.69) is 23.7 Å². The van der Waals surface area contributed by atoms with E-state index in [1.165, 1.54) is 12.6 Å². The van der Waals surface area contributed by atoms with E-state index in [-0.39, 0.29) is 5.56 Å². The highest BCUT2D eigenvalue weighted by Crippen LogP contribution is 2.24. The van der Waals surface area contributed by atoms with Crippen LogP contribution in [0.5, 0.6) is 0 Å². The SMILES string of the molecule is C[C@H]1C[C@H](C)CN(c2ccc(C(=O)O)cn2)C1. The summed E-state index contributed by atoms with van der Waals surface area (Å²) in [6.45, 7) is 6.50. The van der Waals surface area contributed by atoms with Crippen molar-refractivity contribution in [3.05, 3.63) is 23.9 Å². The molecule has 1 aliphatic rings. The van der Waals surface area contributed by atoms with Gasteiger partial charge in [0.05, 0.1) is 5.56 Å². The Balaban J connectivity index is 2.14. The summed E-state index contributed by atoms with van der Waals surface area (Å²) in [5, 5.41) is 8.82. The zero-order valence-corrected chi connectivity index (χ0v) is 10.3. The van der Waals surface area contributed by atoms with Gasteiger partial charge in [-0.2, -0.15) is 0 Å². The lowest BCUT2D eigenvalue weighted by Crippen LogP contribution is -2.39. The van der Waals surface area contributed by atoms with Gasteiger partial charge in [0.25, 0.3) is 0 Å². The summed E-state index contributed by atoms with van der Waals surface area (Å²) in [6.07, 6.45) is 2.69. The molecule has 2 heterocycles. The van der Waals surface area contributed by atoms with Gasteiger partial charge in [0.1, 0.15) is 5.82 Å². The molecule has 2 rings (SSSR count). The summed E-state index contributed by atoms with van der Waals surface area (Å²) >= 11 is 0. The molecule has 1 aliphatic heterocycles. The van der Waals surface area contributed by atoms with Crippen molar-refractivity contribution in [2.75, 3.05) is 18.0 Å². The van der Waals surface area contributed by atoms with Crippen LogP contribution in [0.1, 0.15) is 30.6 Å². The van der Waals surface area contributed by atoms with E-state index in [4.69, 9.17) is 5.11 Å². The Kier molecular flexibility index (Phi) is 3.31. The Labute approximate surface area is 101 Å². The number of carbonyl (C=O) groups is 1. The van der Waals surface area contributed by atoms with Crippen molar-refractivity contribution in [1.82, 2.24) is 4.98 Å². The predicted molar refractivity (Wildman–Crippen MR) is 66.4 cm³/mol. The standard InChI is InChI=1S/C13H18N2O2/c1-9-5-10(2)8-15(7-9)12-4-3-11(6-14-12)13(16)17/h3-4,6,9-10H,5,7-8H2,1-2H3,(H,16,17)/t9-,10-/m0/s1. The van der Waals surface area contributed by atoms with Crippen molar-refractivity contribution < 1.29 is 9.90 Å². The molecule has 0 saturated carbocycles. The van der Waals surface area contributed by atoms with Crippen LogP contribution in [0, 0.1) is 11.8 Å². The van der Waals surface area contributed by atoms with Gasteiger partial charge in [0.15, 0.2) is 0 Å². The molecule has 17 heavy (non-hydrogen) atoms. The summed E-state index contributed by atoms with van der Waals surface area (Å²) in [6, 6.07) is 3.42. The maximum absolute atomic E-state index is 10.7.